The molecule has 6 nitrogen and oxygen atoms in total. The normalized spacial score (nSPS) is 10.7. The minimum Gasteiger partial charge on any atom is -0.482 e. The van der Waals surface area contributed by atoms with Crippen LogP contribution in [0.15, 0.2) is 76.1 Å². The van der Waals surface area contributed by atoms with Crippen LogP contribution in [0.1, 0.15) is 11.1 Å². The summed E-state index contributed by atoms with van der Waals surface area (Å²) in [4.78, 5) is 24.9. The monoisotopic (exact) mass is 450 g/mol. The molecule has 0 unspecified atom stereocenters. The Bertz CT molecular complexity index is 1320. The van der Waals surface area contributed by atoms with E-state index in [1.807, 2.05) is 32.0 Å². The molecule has 0 amide bonds. The average molecular weight is 451 g/mol. The summed E-state index contributed by atoms with van der Waals surface area (Å²) in [6, 6.07) is 16.8. The fourth-order valence-electron chi connectivity index (χ4n) is 3.18. The number of halogens is 1. The lowest BCUT2D eigenvalue weighted by atomic mass is 10.1. The highest BCUT2D eigenvalue weighted by Crippen LogP contribution is 2.25. The summed E-state index contributed by atoms with van der Waals surface area (Å²) in [7, 11) is 0. The Balaban J connectivity index is 1.47. The second-order valence-corrected chi connectivity index (χ2v) is 7.67. The van der Waals surface area contributed by atoms with Gasteiger partial charge in [-0.2, -0.15) is 0 Å². The maximum atomic E-state index is 12.8. The molecule has 0 bridgehead atoms. The van der Waals surface area contributed by atoms with E-state index in [9.17, 15) is 9.59 Å². The lowest BCUT2D eigenvalue weighted by molar-refractivity contribution is -0.136. The lowest BCUT2D eigenvalue weighted by Crippen LogP contribution is -2.17. The summed E-state index contributed by atoms with van der Waals surface area (Å²) < 4.78 is 21.9. The van der Waals surface area contributed by atoms with Gasteiger partial charge in [-0.05, 0) is 73.5 Å². The first-order chi connectivity index (χ1) is 15.4. The summed E-state index contributed by atoms with van der Waals surface area (Å²) in [6.45, 7) is 3.62. The topological polar surface area (TPSA) is 75.0 Å². The van der Waals surface area contributed by atoms with Crippen LogP contribution in [-0.2, 0) is 4.79 Å². The van der Waals surface area contributed by atoms with Crippen LogP contribution in [0, 0.1) is 13.8 Å². The first-order valence-corrected chi connectivity index (χ1v) is 10.2. The molecule has 4 aromatic rings. The molecule has 162 valence electrons. The van der Waals surface area contributed by atoms with Gasteiger partial charge in [0.1, 0.15) is 29.1 Å². The molecule has 4 rings (SSSR count). The highest BCUT2D eigenvalue weighted by molar-refractivity contribution is 6.30. The summed E-state index contributed by atoms with van der Waals surface area (Å²) >= 11 is 5.82. The van der Waals surface area contributed by atoms with Crippen molar-refractivity contribution in [3.05, 3.63) is 93.3 Å². The van der Waals surface area contributed by atoms with E-state index in [2.05, 4.69) is 0 Å². The number of hydrogen-bond acceptors (Lipinski definition) is 6. The van der Waals surface area contributed by atoms with Crippen molar-refractivity contribution < 1.29 is 23.4 Å². The molecule has 0 saturated carbocycles. The lowest BCUT2D eigenvalue weighted by Gasteiger charge is -2.09. The third kappa shape index (κ3) is 5.10. The smallest absolute Gasteiger partial charge is 0.349 e. The Morgan fingerprint density at radius 3 is 2.31 bits per heavy atom. The molecule has 32 heavy (non-hydrogen) atoms. The molecule has 0 aliphatic rings. The van der Waals surface area contributed by atoms with Crippen molar-refractivity contribution in [3.63, 3.8) is 0 Å². The number of benzene rings is 3. The van der Waals surface area contributed by atoms with Crippen LogP contribution in [0.2, 0.25) is 5.02 Å². The fraction of sp³-hybridized carbons (Fsp3) is 0.120. The zero-order valence-corrected chi connectivity index (χ0v) is 18.1. The van der Waals surface area contributed by atoms with E-state index in [1.165, 1.54) is 24.5 Å². The van der Waals surface area contributed by atoms with Gasteiger partial charge in [-0.25, -0.2) is 4.79 Å². The predicted octanol–water partition coefficient (Wildman–Crippen LogP) is 5.84. The quantitative estimate of drug-likeness (QED) is 0.271. The summed E-state index contributed by atoms with van der Waals surface area (Å²) in [6.07, 6.45) is 1.25. The largest absolute Gasteiger partial charge is 0.482 e. The van der Waals surface area contributed by atoms with E-state index in [4.69, 9.17) is 30.2 Å². The Morgan fingerprint density at radius 2 is 1.59 bits per heavy atom. The molecule has 0 aliphatic heterocycles. The molecule has 7 heteroatoms. The molecular formula is C25H19ClO6. The predicted molar refractivity (Wildman–Crippen MR) is 121 cm³/mol. The number of aryl methyl sites for hydroxylation is 2. The van der Waals surface area contributed by atoms with Crippen LogP contribution < -0.4 is 19.6 Å². The second kappa shape index (κ2) is 9.16. The van der Waals surface area contributed by atoms with Crippen LogP contribution in [0.4, 0.5) is 0 Å². The van der Waals surface area contributed by atoms with Crippen LogP contribution in [-0.4, -0.2) is 12.6 Å². The van der Waals surface area contributed by atoms with Crippen molar-refractivity contribution in [2.75, 3.05) is 6.61 Å². The summed E-state index contributed by atoms with van der Waals surface area (Å²) in [5.41, 5.74) is 1.99. The molecule has 0 N–H and O–H groups in total. The van der Waals surface area contributed by atoms with Crippen LogP contribution in [0.3, 0.4) is 0 Å². The van der Waals surface area contributed by atoms with E-state index in [-0.39, 0.29) is 29.1 Å². The van der Waals surface area contributed by atoms with Gasteiger partial charge in [0.05, 0.1) is 5.39 Å². The van der Waals surface area contributed by atoms with Crippen molar-refractivity contribution in [2.24, 2.45) is 0 Å². The van der Waals surface area contributed by atoms with E-state index >= 15 is 0 Å². The fourth-order valence-corrected chi connectivity index (χ4v) is 3.30. The Labute approximate surface area is 188 Å². The van der Waals surface area contributed by atoms with E-state index in [0.29, 0.717) is 21.9 Å². The summed E-state index contributed by atoms with van der Waals surface area (Å²) in [5.74, 6) is 0.751. The maximum absolute atomic E-state index is 12.8. The first-order valence-electron chi connectivity index (χ1n) is 9.78. The minimum atomic E-state index is -0.601. The number of rotatable bonds is 6. The molecule has 0 fully saturated rings. The molecule has 0 aliphatic carbocycles. The van der Waals surface area contributed by atoms with Gasteiger partial charge in [0.25, 0.3) is 0 Å². The minimum absolute atomic E-state index is 0.0728. The Kier molecular flexibility index (Phi) is 6.14. The van der Waals surface area contributed by atoms with Crippen molar-refractivity contribution in [2.45, 2.75) is 13.8 Å². The number of carbonyl (C=O) groups is 1. The third-order valence-electron chi connectivity index (χ3n) is 4.54. The number of hydrogen-bond donors (Lipinski definition) is 0. The van der Waals surface area contributed by atoms with E-state index < -0.39 is 5.97 Å². The SMILES string of the molecule is Cc1cc(C)cc(Oc2coc3cc(OC(=O)COc4ccc(Cl)cc4)ccc3c2=O)c1. The third-order valence-corrected chi connectivity index (χ3v) is 4.79. The van der Waals surface area contributed by atoms with Crippen LogP contribution in [0.5, 0.6) is 23.0 Å². The van der Waals surface area contributed by atoms with Gasteiger partial charge in [0.15, 0.2) is 6.61 Å². The van der Waals surface area contributed by atoms with Gasteiger partial charge < -0.3 is 18.6 Å². The molecule has 0 atom stereocenters. The molecule has 3 aromatic carbocycles. The van der Waals surface area contributed by atoms with Gasteiger partial charge in [-0.3, -0.25) is 4.79 Å². The number of carbonyl (C=O) groups excluding carboxylic acids is 1. The van der Waals surface area contributed by atoms with Crippen LogP contribution in [0.25, 0.3) is 11.0 Å². The number of ether oxygens (including phenoxy) is 3. The average Bonchev–Trinajstić information content (AvgIpc) is 2.75. The zero-order valence-electron chi connectivity index (χ0n) is 17.4. The molecule has 1 aromatic heterocycles. The molecule has 0 saturated heterocycles. The highest BCUT2D eigenvalue weighted by atomic mass is 35.5. The highest BCUT2D eigenvalue weighted by Gasteiger charge is 2.13. The van der Waals surface area contributed by atoms with Gasteiger partial charge in [0.2, 0.25) is 11.2 Å². The Hall–Kier alpha value is -3.77. The van der Waals surface area contributed by atoms with Crippen molar-refractivity contribution in [1.82, 2.24) is 0 Å². The van der Waals surface area contributed by atoms with Crippen molar-refractivity contribution >= 4 is 28.5 Å². The van der Waals surface area contributed by atoms with Gasteiger partial charge in [0, 0.05) is 11.1 Å². The zero-order chi connectivity index (χ0) is 22.7. The molecule has 0 radical (unpaired) electrons. The van der Waals surface area contributed by atoms with Gasteiger partial charge in [-0.15, -0.1) is 0 Å². The molecule has 0 spiro atoms. The van der Waals surface area contributed by atoms with Crippen molar-refractivity contribution in [1.29, 1.82) is 0 Å². The van der Waals surface area contributed by atoms with E-state index in [0.717, 1.165) is 11.1 Å². The van der Waals surface area contributed by atoms with Gasteiger partial charge >= 0.3 is 5.97 Å². The Morgan fingerprint density at radius 1 is 0.906 bits per heavy atom. The number of fused-ring (bicyclic) bond motifs is 1. The summed E-state index contributed by atoms with van der Waals surface area (Å²) in [5, 5.41) is 0.879. The van der Waals surface area contributed by atoms with Crippen LogP contribution >= 0.6 is 11.6 Å². The van der Waals surface area contributed by atoms with Gasteiger partial charge in [-0.1, -0.05) is 17.7 Å². The second-order valence-electron chi connectivity index (χ2n) is 7.23. The van der Waals surface area contributed by atoms with E-state index in [1.54, 1.807) is 24.3 Å². The standard InChI is InChI=1S/C25H19ClO6/c1-15-9-16(2)11-20(10-15)31-23-13-30-22-12-19(7-8-21(22)25(23)28)32-24(27)14-29-18-5-3-17(26)4-6-18/h3-13H,14H2,1-2H3. The molecule has 1 heterocycles. The van der Waals surface area contributed by atoms with Crippen molar-refractivity contribution in [3.8, 4) is 23.0 Å². The maximum Gasteiger partial charge on any atom is 0.349 e. The molecular weight excluding hydrogens is 432 g/mol. The number of esters is 1. The first kappa shape index (κ1) is 21.5.